The molecule has 2 aromatic heterocycles. The normalized spacial score (nSPS) is 13.1. The molecule has 2 heterocycles. The third kappa shape index (κ3) is 3.60. The van der Waals surface area contributed by atoms with Gasteiger partial charge in [0, 0.05) is 5.69 Å². The van der Waals surface area contributed by atoms with Crippen LogP contribution in [0.15, 0.2) is 65.5 Å². The largest absolute Gasteiger partial charge is 0.510 e. The molecule has 0 aliphatic carbocycles. The summed E-state index contributed by atoms with van der Waals surface area (Å²) in [5.41, 5.74) is 2.60. The summed E-state index contributed by atoms with van der Waals surface area (Å²) in [7, 11) is 0. The smallest absolute Gasteiger partial charge is 0.196 e. The summed E-state index contributed by atoms with van der Waals surface area (Å²) < 4.78 is 1.92. The Hall–Kier alpha value is -3.57. The number of aromatic nitrogens is 5. The number of H-pyrrole nitrogens is 1. The predicted octanol–water partition coefficient (Wildman–Crippen LogP) is 4.43. The monoisotopic (exact) mass is 402 g/mol. The molecule has 7 nitrogen and oxygen atoms in total. The summed E-state index contributed by atoms with van der Waals surface area (Å²) >= 11 is 1.33. The average Bonchev–Trinajstić information content (AvgIpc) is 3.32. The number of fused-ring (bicyclic) bond motifs is 1. The number of aryl methyl sites for hydroxylation is 1. The van der Waals surface area contributed by atoms with E-state index in [0.29, 0.717) is 11.0 Å². The number of aliphatic hydroxyl groups excluding tert-OH is 1. The number of aromatic amines is 1. The number of nitrogens with zero attached hydrogens (tertiary/aromatic N) is 5. The average molecular weight is 402 g/mol. The van der Waals surface area contributed by atoms with E-state index in [4.69, 9.17) is 0 Å². The molecule has 0 aliphatic rings. The molecular formula is C21H18N6OS. The molecule has 0 radical (unpaired) electrons. The first-order chi connectivity index (χ1) is 14.1. The van der Waals surface area contributed by atoms with Crippen molar-refractivity contribution in [3.63, 3.8) is 0 Å². The van der Waals surface area contributed by atoms with E-state index in [1.165, 1.54) is 11.8 Å². The molecule has 0 unspecified atom stereocenters. The minimum atomic E-state index is -0.427. The number of benzene rings is 2. The van der Waals surface area contributed by atoms with Gasteiger partial charge >= 0.3 is 0 Å². The number of nitriles is 1. The van der Waals surface area contributed by atoms with Crippen molar-refractivity contribution in [3.05, 3.63) is 72.0 Å². The quantitative estimate of drug-likeness (QED) is 0.291. The van der Waals surface area contributed by atoms with Crippen molar-refractivity contribution < 1.29 is 5.11 Å². The molecule has 8 heteroatoms. The van der Waals surface area contributed by atoms with Gasteiger partial charge in [-0.15, -0.1) is 10.2 Å². The highest BCUT2D eigenvalue weighted by Gasteiger charge is 2.22. The van der Waals surface area contributed by atoms with Gasteiger partial charge in [0.1, 0.15) is 23.2 Å². The first-order valence-electron chi connectivity index (χ1n) is 9.01. The van der Waals surface area contributed by atoms with Crippen molar-refractivity contribution in [2.45, 2.75) is 24.3 Å². The second-order valence-electron chi connectivity index (χ2n) is 6.44. The van der Waals surface area contributed by atoms with E-state index in [9.17, 15) is 10.4 Å². The molecule has 0 amide bonds. The first kappa shape index (κ1) is 18.8. The van der Waals surface area contributed by atoms with Gasteiger partial charge in [0.25, 0.3) is 0 Å². The topological polar surface area (TPSA) is 103 Å². The van der Waals surface area contributed by atoms with E-state index >= 15 is 0 Å². The highest BCUT2D eigenvalue weighted by Crippen LogP contribution is 2.31. The van der Waals surface area contributed by atoms with Crippen LogP contribution in [-0.2, 0) is 0 Å². The van der Waals surface area contributed by atoms with Crippen molar-refractivity contribution in [2.75, 3.05) is 0 Å². The van der Waals surface area contributed by atoms with Gasteiger partial charge < -0.3 is 10.1 Å². The lowest BCUT2D eigenvalue weighted by Gasteiger charge is -2.13. The molecular weight excluding hydrogens is 384 g/mol. The van der Waals surface area contributed by atoms with Crippen molar-refractivity contribution >= 4 is 28.4 Å². The number of thioether (sulfide) groups is 1. The second kappa shape index (κ2) is 7.81. The van der Waals surface area contributed by atoms with E-state index in [0.717, 1.165) is 22.5 Å². The Kier molecular flexibility index (Phi) is 5.06. The summed E-state index contributed by atoms with van der Waals surface area (Å²) in [5, 5.41) is 29.1. The molecule has 0 saturated heterocycles. The van der Waals surface area contributed by atoms with Gasteiger partial charge in [0.05, 0.1) is 16.3 Å². The number of hydrogen-bond acceptors (Lipinski definition) is 6. The van der Waals surface area contributed by atoms with Gasteiger partial charge in [0.2, 0.25) is 0 Å². The van der Waals surface area contributed by atoms with E-state index in [2.05, 4.69) is 26.2 Å². The Morgan fingerprint density at radius 3 is 2.59 bits per heavy atom. The Balaban J connectivity index is 1.67. The number of hydrogen-bond donors (Lipinski definition) is 2. The maximum Gasteiger partial charge on any atom is 0.196 e. The van der Waals surface area contributed by atoms with Crippen molar-refractivity contribution in [3.8, 4) is 11.8 Å². The Morgan fingerprint density at radius 1 is 1.14 bits per heavy atom. The van der Waals surface area contributed by atoms with Crippen LogP contribution in [0.5, 0.6) is 0 Å². The van der Waals surface area contributed by atoms with Crippen LogP contribution in [0.1, 0.15) is 18.6 Å². The minimum absolute atomic E-state index is 0.0585. The molecule has 0 spiro atoms. The third-order valence-corrected chi connectivity index (χ3v) is 5.52. The van der Waals surface area contributed by atoms with E-state index in [1.54, 1.807) is 0 Å². The molecule has 0 aliphatic heterocycles. The molecule has 2 aromatic carbocycles. The summed E-state index contributed by atoms with van der Waals surface area (Å²) in [6.45, 7) is 3.69. The Labute approximate surface area is 171 Å². The van der Waals surface area contributed by atoms with Crippen LogP contribution in [0, 0.1) is 18.3 Å². The summed E-state index contributed by atoms with van der Waals surface area (Å²) in [5.74, 6) is 1.03. The molecule has 1 atom stereocenters. The number of aliphatic hydroxyl groups is 1. The van der Waals surface area contributed by atoms with Gasteiger partial charge in [-0.2, -0.15) is 5.26 Å². The van der Waals surface area contributed by atoms with Crippen molar-refractivity contribution in [1.82, 2.24) is 24.7 Å². The highest BCUT2D eigenvalue weighted by molar-refractivity contribution is 7.99. The zero-order valence-electron chi connectivity index (χ0n) is 15.9. The molecule has 0 saturated carbocycles. The van der Waals surface area contributed by atoms with Crippen LogP contribution in [0.25, 0.3) is 22.3 Å². The molecule has 4 rings (SSSR count). The lowest BCUT2D eigenvalue weighted by molar-refractivity contribution is 0.401. The maximum atomic E-state index is 10.8. The number of imidazole rings is 1. The van der Waals surface area contributed by atoms with Crippen LogP contribution in [-0.4, -0.2) is 35.1 Å². The maximum absolute atomic E-state index is 10.8. The van der Waals surface area contributed by atoms with Gasteiger partial charge in [0.15, 0.2) is 11.0 Å². The molecule has 2 N–H and O–H groups in total. The second-order valence-corrected chi connectivity index (χ2v) is 7.74. The number of para-hydroxylation sites is 3. The van der Waals surface area contributed by atoms with Gasteiger partial charge in [-0.1, -0.05) is 42.1 Å². The Morgan fingerprint density at radius 2 is 1.86 bits per heavy atom. The van der Waals surface area contributed by atoms with Gasteiger partial charge in [-0.25, -0.2) is 4.98 Å². The first-order valence-corrected chi connectivity index (χ1v) is 9.89. The van der Waals surface area contributed by atoms with Crippen LogP contribution in [0.4, 0.5) is 0 Å². The number of rotatable bonds is 5. The number of allylic oxidation sites excluding steroid dienone is 1. The zero-order chi connectivity index (χ0) is 20.4. The SMILES string of the molecule is Cc1nnc(S[C@@H](C)/C(O)=C(\C#N)c2nc3ccccc3[nH]2)n1-c1ccccc1. The molecule has 29 heavy (non-hydrogen) atoms. The summed E-state index contributed by atoms with van der Waals surface area (Å²) in [4.78, 5) is 7.52. The fourth-order valence-electron chi connectivity index (χ4n) is 3.01. The molecule has 0 fully saturated rings. The lowest BCUT2D eigenvalue weighted by Crippen LogP contribution is -2.07. The minimum Gasteiger partial charge on any atom is -0.510 e. The third-order valence-electron chi connectivity index (χ3n) is 4.47. The van der Waals surface area contributed by atoms with Crippen molar-refractivity contribution in [2.24, 2.45) is 0 Å². The van der Waals surface area contributed by atoms with Crippen LogP contribution < -0.4 is 0 Å². The Bertz CT molecular complexity index is 1200. The molecule has 4 aromatic rings. The van der Waals surface area contributed by atoms with Crippen LogP contribution in [0.2, 0.25) is 0 Å². The fourth-order valence-corrected chi connectivity index (χ4v) is 3.99. The molecule has 0 bridgehead atoms. The van der Waals surface area contributed by atoms with Crippen LogP contribution >= 0.6 is 11.8 Å². The van der Waals surface area contributed by atoms with E-state index in [1.807, 2.05) is 73.0 Å². The molecule has 144 valence electrons. The van der Waals surface area contributed by atoms with Crippen LogP contribution in [0.3, 0.4) is 0 Å². The standard InChI is InChI=1S/C21H18N6OS/c1-13(29-21-26-25-14(2)27(21)15-8-4-3-5-9-15)19(28)16(12-22)20-23-17-10-6-7-11-18(17)24-20/h3-11,13,28H,1-2H3,(H,23,24)/b19-16-/t13-/m0/s1. The summed E-state index contributed by atoms with van der Waals surface area (Å²) in [6.07, 6.45) is 0. The van der Waals surface area contributed by atoms with E-state index < -0.39 is 5.25 Å². The highest BCUT2D eigenvalue weighted by atomic mass is 32.2. The number of nitrogens with one attached hydrogen (secondary N) is 1. The van der Waals surface area contributed by atoms with E-state index in [-0.39, 0.29) is 11.3 Å². The zero-order valence-corrected chi connectivity index (χ0v) is 16.7. The summed E-state index contributed by atoms with van der Waals surface area (Å²) in [6, 6.07) is 19.3. The van der Waals surface area contributed by atoms with Gasteiger partial charge in [-0.3, -0.25) is 4.57 Å². The predicted molar refractivity (Wildman–Crippen MR) is 113 cm³/mol. The van der Waals surface area contributed by atoms with Crippen molar-refractivity contribution in [1.29, 1.82) is 5.26 Å². The van der Waals surface area contributed by atoms with Gasteiger partial charge in [-0.05, 0) is 38.1 Å². The lowest BCUT2D eigenvalue weighted by atomic mass is 10.2. The fraction of sp³-hybridized carbons (Fsp3) is 0.143.